The zero-order chi connectivity index (χ0) is 21.3. The van der Waals surface area contributed by atoms with Crippen LogP contribution in [0.5, 0.6) is 0 Å². The number of nitrogens with one attached hydrogen (secondary N) is 1. The molecular formula is C14H10F7N3O2S2. The highest BCUT2D eigenvalue weighted by Crippen LogP contribution is 2.53. The molecule has 0 aromatic heterocycles. The molecule has 0 saturated carbocycles. The molecule has 154 valence electrons. The van der Waals surface area contributed by atoms with E-state index in [0.29, 0.717) is 0 Å². The fourth-order valence-electron chi connectivity index (χ4n) is 1.90. The van der Waals surface area contributed by atoms with Crippen molar-refractivity contribution in [3.8, 4) is 0 Å². The number of alkyl halides is 7. The molecule has 1 aromatic carbocycles. The highest BCUT2D eigenvalue weighted by Gasteiger charge is 2.73. The normalized spacial score (nSPS) is 18.2. The molecule has 0 saturated heterocycles. The van der Waals surface area contributed by atoms with E-state index in [1.165, 1.54) is 0 Å². The maximum absolute atomic E-state index is 13.4. The minimum absolute atomic E-state index is 0.0146. The summed E-state index contributed by atoms with van der Waals surface area (Å²) in [4.78, 5) is 26.1. The van der Waals surface area contributed by atoms with Crippen LogP contribution >= 0.6 is 23.5 Å². The lowest BCUT2D eigenvalue weighted by atomic mass is 10.2. The van der Waals surface area contributed by atoms with Crippen molar-refractivity contribution in [1.29, 1.82) is 0 Å². The van der Waals surface area contributed by atoms with Gasteiger partial charge in [-0.15, -0.1) is 0 Å². The number of carbonyl (C=O) groups excluding carboxylic acids is 2. The van der Waals surface area contributed by atoms with Gasteiger partial charge in [-0.3, -0.25) is 9.59 Å². The number of anilines is 1. The van der Waals surface area contributed by atoms with Crippen molar-refractivity contribution in [3.05, 3.63) is 24.3 Å². The second-order valence-electron chi connectivity index (χ2n) is 5.36. The van der Waals surface area contributed by atoms with Crippen molar-refractivity contribution in [1.82, 2.24) is 0 Å². The van der Waals surface area contributed by atoms with Crippen LogP contribution in [-0.4, -0.2) is 39.6 Å². The van der Waals surface area contributed by atoms with E-state index in [9.17, 15) is 40.3 Å². The Kier molecular flexibility index (Phi) is 6.23. The monoisotopic (exact) mass is 449 g/mol. The van der Waals surface area contributed by atoms with Crippen LogP contribution in [0.25, 0.3) is 0 Å². The number of thioether (sulfide) groups is 2. The van der Waals surface area contributed by atoms with Crippen molar-refractivity contribution in [2.24, 2.45) is 10.7 Å². The maximum Gasteiger partial charge on any atom is 0.460 e. The first-order valence-electron chi connectivity index (χ1n) is 7.19. The van der Waals surface area contributed by atoms with E-state index in [1.54, 1.807) is 0 Å². The first kappa shape index (κ1) is 22.3. The van der Waals surface area contributed by atoms with Crippen molar-refractivity contribution >= 4 is 46.2 Å². The summed E-state index contributed by atoms with van der Waals surface area (Å²) in [5.74, 6) is -7.45. The lowest BCUT2D eigenvalue weighted by molar-refractivity contribution is -0.330. The van der Waals surface area contributed by atoms with Gasteiger partial charge in [0.05, 0.1) is 0 Å². The van der Waals surface area contributed by atoms with E-state index in [0.717, 1.165) is 36.0 Å². The second-order valence-corrected chi connectivity index (χ2v) is 7.77. The number of benzene rings is 1. The number of carbonyl (C=O) groups is 2. The Morgan fingerprint density at radius 3 is 2.18 bits per heavy atom. The molecule has 1 aliphatic heterocycles. The molecule has 0 fully saturated rings. The quantitative estimate of drug-likeness (QED) is 0.509. The predicted octanol–water partition coefficient (Wildman–Crippen LogP) is 3.85. The Labute approximate surface area is 161 Å². The Hall–Kier alpha value is -1.96. The van der Waals surface area contributed by atoms with Crippen LogP contribution in [0.3, 0.4) is 0 Å². The van der Waals surface area contributed by atoms with Crippen LogP contribution in [0, 0.1) is 0 Å². The zero-order valence-corrected chi connectivity index (χ0v) is 15.0. The summed E-state index contributed by atoms with van der Waals surface area (Å²) in [6, 6.07) is 3.77. The Morgan fingerprint density at radius 2 is 1.71 bits per heavy atom. The number of hydrogen-bond donors (Lipinski definition) is 2. The molecule has 0 aliphatic carbocycles. The average Bonchev–Trinajstić information content (AvgIpc) is 2.85. The summed E-state index contributed by atoms with van der Waals surface area (Å²) >= 11 is -0.0658. The van der Waals surface area contributed by atoms with Gasteiger partial charge in [-0.2, -0.15) is 35.7 Å². The van der Waals surface area contributed by atoms with E-state index >= 15 is 0 Å². The topological polar surface area (TPSA) is 84.5 Å². The summed E-state index contributed by atoms with van der Waals surface area (Å²) in [7, 11) is 0. The molecule has 1 atom stereocenters. The Balaban J connectivity index is 1.98. The van der Waals surface area contributed by atoms with Gasteiger partial charge in [0.2, 0.25) is 5.91 Å². The third-order valence-electron chi connectivity index (χ3n) is 3.24. The number of nitrogens with two attached hydrogens (primary N) is 1. The highest BCUT2D eigenvalue weighted by atomic mass is 32.2. The highest BCUT2D eigenvalue weighted by molar-refractivity contribution is 8.15. The van der Waals surface area contributed by atoms with E-state index in [4.69, 9.17) is 5.73 Å². The molecule has 2 rings (SSSR count). The second kappa shape index (κ2) is 7.81. The summed E-state index contributed by atoms with van der Waals surface area (Å²) in [6.07, 6.45) is -6.69. The molecule has 0 radical (unpaired) electrons. The largest absolute Gasteiger partial charge is 0.460 e. The van der Waals surface area contributed by atoms with Crippen molar-refractivity contribution in [2.45, 2.75) is 33.9 Å². The van der Waals surface area contributed by atoms with Crippen LogP contribution in [0.1, 0.15) is 6.42 Å². The Morgan fingerprint density at radius 1 is 1.14 bits per heavy atom. The van der Waals surface area contributed by atoms with E-state index in [-0.39, 0.29) is 17.3 Å². The van der Waals surface area contributed by atoms with Gasteiger partial charge in [-0.25, -0.2) is 0 Å². The fourth-order valence-corrected chi connectivity index (χ4v) is 3.53. The van der Waals surface area contributed by atoms with E-state index in [2.05, 4.69) is 10.3 Å². The summed E-state index contributed by atoms with van der Waals surface area (Å²) in [5.41, 5.74) is 5.40. The predicted molar refractivity (Wildman–Crippen MR) is 89.5 cm³/mol. The van der Waals surface area contributed by atoms with Crippen molar-refractivity contribution in [3.63, 3.8) is 0 Å². The van der Waals surface area contributed by atoms with Crippen LogP contribution < -0.4 is 11.1 Å². The number of nitrogens with zero attached hydrogens (tertiary/aromatic N) is 1. The summed E-state index contributed by atoms with van der Waals surface area (Å²) < 4.78 is 88.9. The van der Waals surface area contributed by atoms with Crippen LogP contribution in [0.4, 0.5) is 36.4 Å². The van der Waals surface area contributed by atoms with Gasteiger partial charge < -0.3 is 11.1 Å². The molecule has 2 amide bonds. The van der Waals surface area contributed by atoms with Gasteiger partial charge in [0.25, 0.3) is 5.91 Å². The molecule has 1 aromatic rings. The van der Waals surface area contributed by atoms with Crippen LogP contribution in [0.15, 0.2) is 34.2 Å². The lowest BCUT2D eigenvalue weighted by Crippen LogP contribution is -2.49. The number of halogens is 7. The first-order chi connectivity index (χ1) is 12.7. The minimum atomic E-state index is -6.42. The molecule has 28 heavy (non-hydrogen) atoms. The molecule has 0 spiro atoms. The van der Waals surface area contributed by atoms with E-state index < -0.39 is 51.1 Å². The zero-order valence-electron chi connectivity index (χ0n) is 13.4. The number of rotatable bonds is 6. The smallest absolute Gasteiger partial charge is 0.378 e. The number of amides is 2. The molecule has 0 bridgehead atoms. The Bertz CT molecular complexity index is 797. The maximum atomic E-state index is 13.4. The molecule has 1 aliphatic rings. The van der Waals surface area contributed by atoms with Crippen LogP contribution in [0.2, 0.25) is 0 Å². The van der Waals surface area contributed by atoms with Crippen molar-refractivity contribution < 1.29 is 40.3 Å². The number of amidine groups is 1. The van der Waals surface area contributed by atoms with Gasteiger partial charge in [-0.05, 0) is 36.0 Å². The molecular weight excluding hydrogens is 439 g/mol. The molecule has 1 heterocycles. The lowest BCUT2D eigenvalue weighted by Gasteiger charge is -2.27. The molecule has 3 N–H and O–H groups in total. The standard InChI is InChI=1S/C14H10F7N3O2S2/c15-12(16,13(17,18)19)14(20,21)28-7-3-1-6(2-4-7)23-9(25)5-8-10(26)24-11(22)27-8/h1-4,8H,5H2,(H,23,25)(H2,22,24,26)/t8-/m0/s1. The van der Waals surface area contributed by atoms with Gasteiger partial charge >= 0.3 is 17.4 Å². The number of aliphatic imine (C=N–C) groups is 1. The van der Waals surface area contributed by atoms with Crippen LogP contribution in [-0.2, 0) is 9.59 Å². The fraction of sp³-hybridized carbons (Fsp3) is 0.357. The molecule has 5 nitrogen and oxygen atoms in total. The third-order valence-corrected chi connectivity index (χ3v) is 5.24. The SMILES string of the molecule is NC1=NC(=O)[C@H](CC(=O)Nc2ccc(SC(F)(F)C(F)(F)C(F)(F)F)cc2)S1. The van der Waals surface area contributed by atoms with E-state index in [1.807, 2.05) is 0 Å². The van der Waals surface area contributed by atoms with Gasteiger partial charge in [0.15, 0.2) is 5.17 Å². The van der Waals surface area contributed by atoms with Gasteiger partial charge in [0, 0.05) is 17.0 Å². The molecule has 14 heteroatoms. The average molecular weight is 449 g/mol. The van der Waals surface area contributed by atoms with Gasteiger partial charge in [-0.1, -0.05) is 11.8 Å². The van der Waals surface area contributed by atoms with Gasteiger partial charge in [0.1, 0.15) is 5.25 Å². The number of hydrogen-bond acceptors (Lipinski definition) is 5. The summed E-state index contributed by atoms with van der Waals surface area (Å²) in [6.45, 7) is 0. The first-order valence-corrected chi connectivity index (χ1v) is 8.88. The minimum Gasteiger partial charge on any atom is -0.378 e. The van der Waals surface area contributed by atoms with Crippen molar-refractivity contribution in [2.75, 3.05) is 5.32 Å². The molecule has 0 unspecified atom stereocenters. The third kappa shape index (κ3) is 4.90. The summed E-state index contributed by atoms with van der Waals surface area (Å²) in [5, 5.41) is -3.90.